The predicted molar refractivity (Wildman–Crippen MR) is 111 cm³/mol. The van der Waals surface area contributed by atoms with Crippen molar-refractivity contribution in [1.82, 2.24) is 0 Å². The van der Waals surface area contributed by atoms with Crippen molar-refractivity contribution >= 4 is 8.15 Å². The van der Waals surface area contributed by atoms with E-state index in [9.17, 15) is 0 Å². The van der Waals surface area contributed by atoms with Crippen LogP contribution in [0.15, 0.2) is 18.2 Å². The van der Waals surface area contributed by atoms with Crippen molar-refractivity contribution in [2.24, 2.45) is 11.8 Å². The molecule has 0 atom stereocenters. The van der Waals surface area contributed by atoms with Crippen molar-refractivity contribution in [3.63, 3.8) is 0 Å². The molecule has 1 aromatic rings. The van der Waals surface area contributed by atoms with E-state index in [1.165, 1.54) is 23.5 Å². The molecule has 0 amide bonds. The van der Waals surface area contributed by atoms with E-state index in [1.54, 1.807) is 0 Å². The summed E-state index contributed by atoms with van der Waals surface area (Å²) in [6.07, 6.45) is 2.36. The highest BCUT2D eigenvalue weighted by Gasteiger charge is 2.25. The highest BCUT2D eigenvalue weighted by molar-refractivity contribution is 7.53. The Morgan fingerprint density at radius 1 is 0.833 bits per heavy atom. The van der Waals surface area contributed by atoms with Crippen molar-refractivity contribution in [3.8, 4) is 5.75 Å². The molecule has 0 aliphatic carbocycles. The highest BCUT2D eigenvalue weighted by Crippen LogP contribution is 2.45. The third kappa shape index (κ3) is 6.75. The molecule has 0 aliphatic heterocycles. The molecule has 2 heteroatoms. The van der Waals surface area contributed by atoms with Crippen LogP contribution in [0.5, 0.6) is 5.75 Å². The van der Waals surface area contributed by atoms with E-state index in [-0.39, 0.29) is 10.8 Å². The Balaban J connectivity index is 3.21. The molecule has 1 rings (SSSR count). The minimum absolute atomic E-state index is 0.0905. The van der Waals surface area contributed by atoms with Crippen LogP contribution in [-0.2, 0) is 10.8 Å². The Kier molecular flexibility index (Phi) is 7.36. The summed E-state index contributed by atoms with van der Waals surface area (Å²) in [6, 6.07) is 6.84. The first-order valence-electron chi connectivity index (χ1n) is 9.38. The molecule has 0 unspecified atom stereocenters. The number of hydrogen-bond acceptors (Lipinski definition) is 1. The van der Waals surface area contributed by atoms with E-state index in [0.29, 0.717) is 11.8 Å². The molecule has 0 aromatic heterocycles. The summed E-state index contributed by atoms with van der Waals surface area (Å²) in [6.45, 7) is 22.9. The number of rotatable bonds is 6. The zero-order valence-electron chi connectivity index (χ0n) is 17.7. The van der Waals surface area contributed by atoms with Crippen molar-refractivity contribution in [3.05, 3.63) is 29.3 Å². The lowest BCUT2D eigenvalue weighted by Crippen LogP contribution is -2.17. The molecule has 0 saturated carbocycles. The van der Waals surface area contributed by atoms with Crippen molar-refractivity contribution in [1.29, 1.82) is 0 Å². The third-order valence-corrected chi connectivity index (χ3v) is 6.75. The topological polar surface area (TPSA) is 9.23 Å². The van der Waals surface area contributed by atoms with Crippen LogP contribution < -0.4 is 4.52 Å². The molecule has 0 radical (unpaired) electrons. The van der Waals surface area contributed by atoms with Gasteiger partial charge in [-0.2, -0.15) is 0 Å². The Morgan fingerprint density at radius 2 is 1.33 bits per heavy atom. The van der Waals surface area contributed by atoms with Crippen LogP contribution in [0.4, 0.5) is 0 Å². The Bertz CT molecular complexity index is 508. The van der Waals surface area contributed by atoms with Gasteiger partial charge < -0.3 is 4.52 Å². The fourth-order valence-corrected chi connectivity index (χ4v) is 5.13. The summed E-state index contributed by atoms with van der Waals surface area (Å²) >= 11 is 0. The van der Waals surface area contributed by atoms with Crippen LogP contribution >= 0.6 is 8.15 Å². The van der Waals surface area contributed by atoms with Crippen LogP contribution in [-0.4, -0.2) is 12.3 Å². The Morgan fingerprint density at radius 3 is 1.71 bits per heavy atom. The zero-order chi connectivity index (χ0) is 18.7. The van der Waals surface area contributed by atoms with E-state index >= 15 is 0 Å². The van der Waals surface area contributed by atoms with E-state index < -0.39 is 8.15 Å². The quantitative estimate of drug-likeness (QED) is 0.487. The first-order chi connectivity index (χ1) is 10.8. The molecule has 0 aliphatic rings. The van der Waals surface area contributed by atoms with Gasteiger partial charge >= 0.3 is 0 Å². The van der Waals surface area contributed by atoms with Crippen LogP contribution in [0, 0.1) is 11.8 Å². The summed E-state index contributed by atoms with van der Waals surface area (Å²) in [5.41, 5.74) is 2.98. The van der Waals surface area contributed by atoms with Crippen LogP contribution in [0.3, 0.4) is 0 Å². The standard InChI is InChI=1S/C22H39OP/c1-16(2)14-24(15-17(3)4)23-20-12-11-18(21(5,6)7)13-19(20)22(8,9)10/h11-13,16-17H,14-15H2,1-10H3. The smallest absolute Gasteiger partial charge is 0.127 e. The van der Waals surface area contributed by atoms with Gasteiger partial charge in [0.15, 0.2) is 0 Å². The van der Waals surface area contributed by atoms with Gasteiger partial charge in [-0.3, -0.25) is 0 Å². The van der Waals surface area contributed by atoms with Gasteiger partial charge in [0, 0.05) is 17.9 Å². The number of benzene rings is 1. The first-order valence-corrected chi connectivity index (χ1v) is 11.0. The second-order valence-corrected chi connectivity index (χ2v) is 11.8. The van der Waals surface area contributed by atoms with Crippen molar-refractivity contribution in [2.75, 3.05) is 12.3 Å². The normalized spacial score (nSPS) is 13.2. The van der Waals surface area contributed by atoms with Gasteiger partial charge in [-0.25, -0.2) is 0 Å². The fourth-order valence-electron chi connectivity index (χ4n) is 2.76. The Hall–Kier alpha value is -0.550. The zero-order valence-corrected chi connectivity index (χ0v) is 18.6. The SMILES string of the molecule is CC(C)CP(CC(C)C)Oc1ccc(C(C)(C)C)cc1C(C)(C)C. The summed E-state index contributed by atoms with van der Waals surface area (Å²) in [7, 11) is -0.417. The van der Waals surface area contributed by atoms with Gasteiger partial charge in [0.2, 0.25) is 0 Å². The first kappa shape index (κ1) is 21.5. The molecule has 24 heavy (non-hydrogen) atoms. The maximum atomic E-state index is 6.63. The summed E-state index contributed by atoms with van der Waals surface area (Å²) in [4.78, 5) is 0. The highest BCUT2D eigenvalue weighted by atomic mass is 31.1. The lowest BCUT2D eigenvalue weighted by molar-refractivity contribution is 0.520. The van der Waals surface area contributed by atoms with E-state index in [0.717, 1.165) is 5.75 Å². The molecular formula is C22H39OP. The molecule has 0 saturated heterocycles. The van der Waals surface area contributed by atoms with E-state index in [1.807, 2.05) is 0 Å². The second kappa shape index (κ2) is 8.22. The average molecular weight is 351 g/mol. The van der Waals surface area contributed by atoms with E-state index in [2.05, 4.69) is 87.4 Å². The molecule has 1 aromatic carbocycles. The molecular weight excluding hydrogens is 311 g/mol. The molecule has 1 nitrogen and oxygen atoms in total. The van der Waals surface area contributed by atoms with Crippen LogP contribution in [0.1, 0.15) is 80.4 Å². The summed E-state index contributed by atoms with van der Waals surface area (Å²) in [5, 5.41) is 0. The second-order valence-electron chi connectivity index (χ2n) is 9.94. The summed E-state index contributed by atoms with van der Waals surface area (Å²) in [5.74, 6) is 2.46. The molecule has 0 heterocycles. The van der Waals surface area contributed by atoms with Gasteiger partial charge in [-0.05, 0) is 34.3 Å². The fraction of sp³-hybridized carbons (Fsp3) is 0.727. The van der Waals surface area contributed by atoms with Gasteiger partial charge in [0.05, 0.1) is 8.15 Å². The predicted octanol–water partition coefficient (Wildman–Crippen LogP) is 7.37. The van der Waals surface area contributed by atoms with Gasteiger partial charge in [-0.1, -0.05) is 81.4 Å². The lowest BCUT2D eigenvalue weighted by atomic mass is 9.80. The van der Waals surface area contributed by atoms with Crippen LogP contribution in [0.25, 0.3) is 0 Å². The largest absolute Gasteiger partial charge is 0.474 e. The van der Waals surface area contributed by atoms with Gasteiger partial charge in [0.1, 0.15) is 5.75 Å². The number of hydrogen-bond donors (Lipinski definition) is 0. The molecule has 0 spiro atoms. The monoisotopic (exact) mass is 350 g/mol. The summed E-state index contributed by atoms with van der Waals surface area (Å²) < 4.78 is 6.63. The van der Waals surface area contributed by atoms with Crippen molar-refractivity contribution in [2.45, 2.75) is 80.1 Å². The third-order valence-electron chi connectivity index (χ3n) is 4.02. The molecule has 138 valence electrons. The Labute approximate surface area is 152 Å². The van der Waals surface area contributed by atoms with Crippen LogP contribution in [0.2, 0.25) is 0 Å². The van der Waals surface area contributed by atoms with E-state index in [4.69, 9.17) is 4.52 Å². The average Bonchev–Trinajstić information content (AvgIpc) is 2.34. The lowest BCUT2D eigenvalue weighted by Gasteiger charge is -2.30. The maximum absolute atomic E-state index is 6.63. The maximum Gasteiger partial charge on any atom is 0.127 e. The van der Waals surface area contributed by atoms with Crippen molar-refractivity contribution < 1.29 is 4.52 Å². The molecule has 0 bridgehead atoms. The minimum atomic E-state index is -0.417. The van der Waals surface area contributed by atoms with Gasteiger partial charge in [-0.15, -0.1) is 0 Å². The minimum Gasteiger partial charge on any atom is -0.474 e. The van der Waals surface area contributed by atoms with Gasteiger partial charge in [0.25, 0.3) is 0 Å². The molecule has 0 N–H and O–H groups in total. The molecule has 0 fully saturated rings.